The van der Waals surface area contributed by atoms with Gasteiger partial charge in [0, 0.05) is 43.7 Å². The third-order valence-electron chi connectivity index (χ3n) is 7.88. The Balaban J connectivity index is 1.46. The Hall–Kier alpha value is -3.89. The van der Waals surface area contributed by atoms with Crippen molar-refractivity contribution in [2.45, 2.75) is 62.9 Å². The molecule has 10 heteroatoms. The Morgan fingerprint density at radius 1 is 1.12 bits per heavy atom. The molecule has 1 aliphatic carbocycles. The highest BCUT2D eigenvalue weighted by Gasteiger charge is 2.28. The third kappa shape index (κ3) is 6.44. The van der Waals surface area contributed by atoms with Crippen LogP contribution in [0.25, 0.3) is 0 Å². The van der Waals surface area contributed by atoms with E-state index in [1.807, 2.05) is 36.7 Å². The molecule has 5 rings (SSSR count). The van der Waals surface area contributed by atoms with Crippen molar-refractivity contribution in [3.63, 3.8) is 0 Å². The Morgan fingerprint density at radius 2 is 1.88 bits per heavy atom. The molecule has 0 saturated heterocycles. The van der Waals surface area contributed by atoms with Gasteiger partial charge in [0.15, 0.2) is 0 Å². The van der Waals surface area contributed by atoms with E-state index in [0.29, 0.717) is 17.9 Å². The lowest BCUT2D eigenvalue weighted by Gasteiger charge is -2.30. The number of benzene rings is 3. The van der Waals surface area contributed by atoms with E-state index in [0.717, 1.165) is 35.6 Å². The van der Waals surface area contributed by atoms with Crippen molar-refractivity contribution in [2.75, 3.05) is 4.90 Å². The number of hydrogen-bond acceptors (Lipinski definition) is 4. The summed E-state index contributed by atoms with van der Waals surface area (Å²) in [6.45, 7) is 3.80. The molecular weight excluding hydrogens is 558 g/mol. The second-order valence-electron chi connectivity index (χ2n) is 11.0. The number of amides is 1. The molecule has 0 radical (unpaired) electrons. The van der Waals surface area contributed by atoms with Crippen LogP contribution in [0.4, 0.5) is 14.5 Å². The number of imidazole rings is 1. The zero-order valence-electron chi connectivity index (χ0n) is 23.8. The second kappa shape index (κ2) is 12.1. The number of aromatic nitrogens is 2. The Morgan fingerprint density at radius 3 is 2.57 bits per heavy atom. The first-order chi connectivity index (χ1) is 20.0. The van der Waals surface area contributed by atoms with Crippen LogP contribution in [0.15, 0.2) is 78.0 Å². The maximum absolute atomic E-state index is 14.5. The highest BCUT2D eigenvalue weighted by Crippen LogP contribution is 2.35. The second-order valence-corrected chi connectivity index (χ2v) is 12.7. The van der Waals surface area contributed by atoms with Gasteiger partial charge in [-0.25, -0.2) is 26.9 Å². The summed E-state index contributed by atoms with van der Waals surface area (Å²) in [5, 5.41) is 0. The molecule has 220 valence electrons. The van der Waals surface area contributed by atoms with E-state index in [-0.39, 0.29) is 29.3 Å². The van der Waals surface area contributed by atoms with Crippen LogP contribution >= 0.6 is 0 Å². The van der Waals surface area contributed by atoms with E-state index in [1.54, 1.807) is 48.5 Å². The summed E-state index contributed by atoms with van der Waals surface area (Å²) < 4.78 is 59.2. The average molecular weight is 593 g/mol. The molecule has 0 bridgehead atoms. The minimum Gasteiger partial charge on any atom is -0.337 e. The highest BCUT2D eigenvalue weighted by atomic mass is 32.2. The van der Waals surface area contributed by atoms with Crippen LogP contribution in [-0.4, -0.2) is 23.9 Å². The van der Waals surface area contributed by atoms with Crippen LogP contribution in [0.2, 0.25) is 0 Å². The third-order valence-corrected chi connectivity index (χ3v) is 9.37. The van der Waals surface area contributed by atoms with Gasteiger partial charge in [0.25, 0.3) is 0 Å². The minimum atomic E-state index is -3.78. The number of halogens is 2. The average Bonchev–Trinajstić information content (AvgIpc) is 3.35. The van der Waals surface area contributed by atoms with Crippen LogP contribution < -0.4 is 9.62 Å². The monoisotopic (exact) mass is 592 g/mol. The largest absolute Gasteiger partial charge is 0.337 e. The molecule has 1 aliphatic rings. The minimum absolute atomic E-state index is 0.0203. The fraction of sp³-hybridized carbons (Fsp3) is 0.312. The zero-order chi connectivity index (χ0) is 30.0. The first-order valence-corrected chi connectivity index (χ1v) is 15.4. The van der Waals surface area contributed by atoms with Gasteiger partial charge in [-0.05, 0) is 79.1 Å². The molecule has 42 heavy (non-hydrogen) atoms. The van der Waals surface area contributed by atoms with Gasteiger partial charge in [-0.3, -0.25) is 4.79 Å². The van der Waals surface area contributed by atoms with Gasteiger partial charge >= 0.3 is 0 Å². The molecule has 1 N–H and O–H groups in total. The van der Waals surface area contributed by atoms with Gasteiger partial charge in [0.05, 0.1) is 11.4 Å². The summed E-state index contributed by atoms with van der Waals surface area (Å²) in [5.41, 5.74) is 3.67. The number of nitrogens with zero attached hydrogens (tertiary/aromatic N) is 3. The first-order valence-electron chi connectivity index (χ1n) is 13.9. The summed E-state index contributed by atoms with van der Waals surface area (Å²) in [4.78, 5) is 20.0. The van der Waals surface area contributed by atoms with Crippen LogP contribution in [0.1, 0.15) is 66.2 Å². The quantitative estimate of drug-likeness (QED) is 0.255. The number of hydrogen-bond donors (Lipinski definition) is 1. The fourth-order valence-electron chi connectivity index (χ4n) is 5.45. The Kier molecular flexibility index (Phi) is 8.56. The molecule has 0 unspecified atom stereocenters. The van der Waals surface area contributed by atoms with Gasteiger partial charge < -0.3 is 9.47 Å². The molecule has 1 heterocycles. The van der Waals surface area contributed by atoms with Crippen molar-refractivity contribution in [3.05, 3.63) is 113 Å². The number of nitrogens with one attached hydrogen (secondary N) is 1. The maximum atomic E-state index is 14.5. The van der Waals surface area contributed by atoms with Gasteiger partial charge in [-0.2, -0.15) is 0 Å². The van der Waals surface area contributed by atoms with Crippen molar-refractivity contribution in [1.82, 2.24) is 14.3 Å². The predicted octanol–water partition coefficient (Wildman–Crippen LogP) is 6.09. The molecular formula is C32H34F2N4O3S. The molecule has 0 spiro atoms. The van der Waals surface area contributed by atoms with Crippen molar-refractivity contribution >= 4 is 21.6 Å². The Bertz CT molecular complexity index is 1700. The molecule has 0 fully saturated rings. The molecule has 0 saturated carbocycles. The van der Waals surface area contributed by atoms with Crippen molar-refractivity contribution in [2.24, 2.45) is 7.05 Å². The lowest BCUT2D eigenvalue weighted by molar-refractivity contribution is -0.119. The van der Waals surface area contributed by atoms with Crippen LogP contribution in [0.5, 0.6) is 0 Å². The molecule has 2 atom stereocenters. The number of carbonyl (C=O) groups is 1. The van der Waals surface area contributed by atoms with E-state index in [1.165, 1.54) is 12.1 Å². The van der Waals surface area contributed by atoms with Crippen molar-refractivity contribution in [3.8, 4) is 0 Å². The fourth-order valence-corrected chi connectivity index (χ4v) is 6.70. The summed E-state index contributed by atoms with van der Waals surface area (Å²) in [5.74, 6) is -1.48. The van der Waals surface area contributed by atoms with Crippen LogP contribution in [0.3, 0.4) is 0 Å². The topological polar surface area (TPSA) is 84.3 Å². The summed E-state index contributed by atoms with van der Waals surface area (Å²) >= 11 is 0. The number of fused-ring (bicyclic) bond motifs is 1. The standard InChI is InChI=1S/C32H34F2N4O3S/c1-21-7-12-26(13-8-21)42(40,41)36-30-6-4-5-23-9-11-25(19-28(23)30)38(20-31-35-15-16-37(31)3)32(39)17-22(2)27-14-10-24(33)18-29(27)34/h7-16,18-19,22,30,36H,4-6,17,20H2,1-3H3/t22-,30-/m0/s1. The number of anilines is 1. The number of aryl methyl sites for hydroxylation is 3. The van der Waals surface area contributed by atoms with E-state index >= 15 is 0 Å². The van der Waals surface area contributed by atoms with Gasteiger partial charge in [-0.1, -0.05) is 36.8 Å². The first kappa shape index (κ1) is 29.6. The van der Waals surface area contributed by atoms with E-state index in [9.17, 15) is 22.0 Å². The van der Waals surface area contributed by atoms with E-state index in [4.69, 9.17) is 0 Å². The Labute approximate surface area is 245 Å². The van der Waals surface area contributed by atoms with Crippen molar-refractivity contribution in [1.29, 1.82) is 0 Å². The number of rotatable bonds is 9. The van der Waals surface area contributed by atoms with E-state index < -0.39 is 33.6 Å². The maximum Gasteiger partial charge on any atom is 0.241 e. The van der Waals surface area contributed by atoms with Crippen molar-refractivity contribution < 1.29 is 22.0 Å². The van der Waals surface area contributed by atoms with Gasteiger partial charge in [0.2, 0.25) is 15.9 Å². The summed E-state index contributed by atoms with van der Waals surface area (Å²) in [6.07, 6.45) is 5.66. The molecule has 3 aromatic carbocycles. The number of sulfonamides is 1. The van der Waals surface area contributed by atoms with Gasteiger partial charge in [0.1, 0.15) is 17.5 Å². The molecule has 1 amide bonds. The van der Waals surface area contributed by atoms with Crippen LogP contribution in [-0.2, 0) is 34.8 Å². The summed E-state index contributed by atoms with van der Waals surface area (Å²) in [7, 11) is -1.94. The molecule has 4 aromatic rings. The lowest BCUT2D eigenvalue weighted by Crippen LogP contribution is -2.34. The zero-order valence-corrected chi connectivity index (χ0v) is 24.7. The number of carbonyl (C=O) groups excluding carboxylic acids is 1. The normalized spacial score (nSPS) is 15.7. The predicted molar refractivity (Wildman–Crippen MR) is 157 cm³/mol. The molecule has 7 nitrogen and oxygen atoms in total. The summed E-state index contributed by atoms with van der Waals surface area (Å²) in [6, 6.07) is 15.3. The molecule has 0 aliphatic heterocycles. The van der Waals surface area contributed by atoms with Crippen LogP contribution in [0, 0.1) is 18.6 Å². The highest BCUT2D eigenvalue weighted by molar-refractivity contribution is 7.89. The smallest absolute Gasteiger partial charge is 0.241 e. The molecule has 1 aromatic heterocycles. The SMILES string of the molecule is Cc1ccc(S(=O)(=O)N[C@H]2CCCc3ccc(N(Cc4nccn4C)C(=O)C[C@H](C)c4ccc(F)cc4F)cc32)cc1. The van der Waals surface area contributed by atoms with E-state index in [2.05, 4.69) is 9.71 Å². The van der Waals surface area contributed by atoms with Gasteiger partial charge in [-0.15, -0.1) is 0 Å². The lowest BCUT2D eigenvalue weighted by atomic mass is 9.87.